The largest absolute Gasteiger partial charge is 0.490 e. The fourth-order valence-electron chi connectivity index (χ4n) is 1.22. The first kappa shape index (κ1) is 14.6. The van der Waals surface area contributed by atoms with Crippen LogP contribution in [0, 0.1) is 0 Å². The molecule has 0 amide bonds. The molecule has 1 N–H and O–H groups in total. The van der Waals surface area contributed by atoms with E-state index < -0.39 is 12.8 Å². The molecule has 0 fully saturated rings. The Bertz CT molecular complexity index is 358. The van der Waals surface area contributed by atoms with Crippen molar-refractivity contribution in [1.82, 2.24) is 4.98 Å². The predicted molar refractivity (Wildman–Crippen MR) is 60.8 cm³/mol. The number of hydrogen-bond donors (Lipinski definition) is 1. The first-order valence-corrected chi connectivity index (χ1v) is 5.49. The monoisotopic (exact) mass is 264 g/mol. The number of ether oxygens (including phenoxy) is 2. The lowest BCUT2D eigenvalue weighted by Gasteiger charge is -2.11. The Morgan fingerprint density at radius 1 is 1.39 bits per heavy atom. The Morgan fingerprint density at radius 2 is 2.17 bits per heavy atom. The molecular weight excluding hydrogens is 249 g/mol. The molecule has 0 aliphatic rings. The molecule has 0 aliphatic heterocycles. The molecule has 0 aliphatic carbocycles. The van der Waals surface area contributed by atoms with Gasteiger partial charge >= 0.3 is 6.18 Å². The van der Waals surface area contributed by atoms with Crippen LogP contribution in [0.2, 0.25) is 0 Å². The number of anilines is 1. The fraction of sp³-hybridized carbons (Fsp3) is 0.545. The van der Waals surface area contributed by atoms with Crippen molar-refractivity contribution in [3.63, 3.8) is 0 Å². The molecule has 4 nitrogen and oxygen atoms in total. The van der Waals surface area contributed by atoms with E-state index in [1.165, 1.54) is 0 Å². The van der Waals surface area contributed by atoms with E-state index in [1.54, 1.807) is 18.3 Å². The maximum atomic E-state index is 11.8. The number of hydrogen-bond acceptors (Lipinski definition) is 4. The first-order chi connectivity index (χ1) is 8.53. The number of halogens is 3. The zero-order valence-electron chi connectivity index (χ0n) is 9.96. The lowest BCUT2D eigenvalue weighted by atomic mass is 10.4. The number of rotatable bonds is 7. The Balaban J connectivity index is 2.31. The second kappa shape index (κ2) is 7.05. The summed E-state index contributed by atoms with van der Waals surface area (Å²) in [6, 6.07) is 3.45. The number of pyridine rings is 1. The molecular formula is C11H15F3N2O2. The van der Waals surface area contributed by atoms with Crippen molar-refractivity contribution in [1.29, 1.82) is 0 Å². The number of alkyl halides is 3. The van der Waals surface area contributed by atoms with Gasteiger partial charge in [-0.3, -0.25) is 0 Å². The molecule has 1 heterocycles. The van der Waals surface area contributed by atoms with Crippen LogP contribution in [0.25, 0.3) is 0 Å². The highest BCUT2D eigenvalue weighted by Crippen LogP contribution is 2.20. The van der Waals surface area contributed by atoms with Gasteiger partial charge in [-0.1, -0.05) is 0 Å². The molecule has 0 unspecified atom stereocenters. The van der Waals surface area contributed by atoms with E-state index >= 15 is 0 Å². The third kappa shape index (κ3) is 5.72. The van der Waals surface area contributed by atoms with Crippen molar-refractivity contribution >= 4 is 5.82 Å². The van der Waals surface area contributed by atoms with Crippen molar-refractivity contribution in [2.24, 2.45) is 0 Å². The maximum Gasteiger partial charge on any atom is 0.411 e. The minimum absolute atomic E-state index is 0.0539. The van der Waals surface area contributed by atoms with Crippen molar-refractivity contribution < 1.29 is 22.6 Å². The summed E-state index contributed by atoms with van der Waals surface area (Å²) in [6.07, 6.45) is -2.72. The molecule has 7 heteroatoms. The van der Waals surface area contributed by atoms with Gasteiger partial charge in [-0.2, -0.15) is 13.2 Å². The van der Waals surface area contributed by atoms with Crippen molar-refractivity contribution in [3.05, 3.63) is 18.3 Å². The van der Waals surface area contributed by atoms with Crippen molar-refractivity contribution in [3.8, 4) is 5.75 Å². The summed E-state index contributed by atoms with van der Waals surface area (Å²) in [7, 11) is 0. The smallest absolute Gasteiger partial charge is 0.411 e. The molecule has 0 saturated carbocycles. The van der Waals surface area contributed by atoms with Crippen LogP contribution < -0.4 is 10.1 Å². The number of aromatic nitrogens is 1. The summed E-state index contributed by atoms with van der Waals surface area (Å²) in [5, 5.41) is 2.86. The minimum Gasteiger partial charge on any atom is -0.490 e. The fourth-order valence-corrected chi connectivity index (χ4v) is 1.22. The van der Waals surface area contributed by atoms with Gasteiger partial charge in [-0.05, 0) is 19.1 Å². The Kier molecular flexibility index (Phi) is 5.70. The topological polar surface area (TPSA) is 43.4 Å². The summed E-state index contributed by atoms with van der Waals surface area (Å²) in [4.78, 5) is 4.03. The summed E-state index contributed by atoms with van der Waals surface area (Å²) in [5.41, 5.74) is 0. The SMILES string of the molecule is CCOc1cccnc1NCCOCC(F)(F)F. The lowest BCUT2D eigenvalue weighted by Crippen LogP contribution is -2.20. The van der Waals surface area contributed by atoms with E-state index in [-0.39, 0.29) is 13.2 Å². The van der Waals surface area contributed by atoms with Crippen LogP contribution in [0.3, 0.4) is 0 Å². The van der Waals surface area contributed by atoms with Gasteiger partial charge in [0.05, 0.1) is 13.2 Å². The van der Waals surface area contributed by atoms with Crippen LogP contribution in [0.5, 0.6) is 5.75 Å². The van der Waals surface area contributed by atoms with E-state index in [2.05, 4.69) is 15.0 Å². The van der Waals surface area contributed by atoms with Gasteiger partial charge in [-0.15, -0.1) is 0 Å². The van der Waals surface area contributed by atoms with Crippen LogP contribution in [-0.2, 0) is 4.74 Å². The lowest BCUT2D eigenvalue weighted by molar-refractivity contribution is -0.172. The minimum atomic E-state index is -4.29. The number of nitrogens with one attached hydrogen (secondary N) is 1. The highest BCUT2D eigenvalue weighted by Gasteiger charge is 2.27. The summed E-state index contributed by atoms with van der Waals surface area (Å²) in [6.45, 7) is 1.26. The van der Waals surface area contributed by atoms with Gasteiger partial charge in [0, 0.05) is 12.7 Å². The molecule has 0 radical (unpaired) electrons. The molecule has 1 rings (SSSR count). The van der Waals surface area contributed by atoms with Gasteiger partial charge in [0.2, 0.25) is 0 Å². The first-order valence-electron chi connectivity index (χ1n) is 5.49. The van der Waals surface area contributed by atoms with E-state index in [0.717, 1.165) is 0 Å². The summed E-state index contributed by atoms with van der Waals surface area (Å²) >= 11 is 0. The summed E-state index contributed by atoms with van der Waals surface area (Å²) < 4.78 is 45.1. The van der Waals surface area contributed by atoms with E-state index in [0.29, 0.717) is 18.2 Å². The Labute approximate surface area is 103 Å². The van der Waals surface area contributed by atoms with Crippen LogP contribution in [0.15, 0.2) is 18.3 Å². The van der Waals surface area contributed by atoms with Crippen molar-refractivity contribution in [2.45, 2.75) is 13.1 Å². The van der Waals surface area contributed by atoms with Gasteiger partial charge in [0.1, 0.15) is 6.61 Å². The molecule has 0 atom stereocenters. The molecule has 0 saturated heterocycles. The molecule has 0 aromatic carbocycles. The average molecular weight is 264 g/mol. The predicted octanol–water partition coefficient (Wildman–Crippen LogP) is 2.47. The highest BCUT2D eigenvalue weighted by molar-refractivity contribution is 5.49. The zero-order chi connectivity index (χ0) is 13.4. The average Bonchev–Trinajstić information content (AvgIpc) is 2.29. The highest BCUT2D eigenvalue weighted by atomic mass is 19.4. The quantitative estimate of drug-likeness (QED) is 0.768. The van der Waals surface area contributed by atoms with Crippen LogP contribution in [0.4, 0.5) is 19.0 Å². The van der Waals surface area contributed by atoms with Crippen molar-refractivity contribution in [2.75, 3.05) is 31.7 Å². The number of nitrogens with zero attached hydrogens (tertiary/aromatic N) is 1. The van der Waals surface area contributed by atoms with E-state index in [9.17, 15) is 13.2 Å². The maximum absolute atomic E-state index is 11.8. The standard InChI is InChI=1S/C11H15F3N2O2/c1-2-18-9-4-3-5-15-10(9)16-6-7-17-8-11(12,13)14/h3-5H,2,6-8H2,1H3,(H,15,16). The molecule has 1 aromatic rings. The molecule has 1 aromatic heterocycles. The second-order valence-corrected chi connectivity index (χ2v) is 3.38. The summed E-state index contributed by atoms with van der Waals surface area (Å²) in [5.74, 6) is 1.06. The van der Waals surface area contributed by atoms with Crippen LogP contribution >= 0.6 is 0 Å². The Morgan fingerprint density at radius 3 is 2.83 bits per heavy atom. The van der Waals surface area contributed by atoms with Gasteiger partial charge in [0.15, 0.2) is 11.6 Å². The van der Waals surface area contributed by atoms with E-state index in [1.807, 2.05) is 6.92 Å². The normalized spacial score (nSPS) is 11.3. The molecule has 18 heavy (non-hydrogen) atoms. The van der Waals surface area contributed by atoms with Gasteiger partial charge in [0.25, 0.3) is 0 Å². The van der Waals surface area contributed by atoms with Gasteiger partial charge in [-0.25, -0.2) is 4.98 Å². The molecule has 0 spiro atoms. The third-order valence-corrected chi connectivity index (χ3v) is 1.88. The van der Waals surface area contributed by atoms with Crippen LogP contribution in [-0.4, -0.2) is 37.5 Å². The molecule has 102 valence electrons. The molecule has 0 bridgehead atoms. The van der Waals surface area contributed by atoms with Gasteiger partial charge < -0.3 is 14.8 Å². The van der Waals surface area contributed by atoms with Crippen LogP contribution in [0.1, 0.15) is 6.92 Å². The second-order valence-electron chi connectivity index (χ2n) is 3.38. The third-order valence-electron chi connectivity index (χ3n) is 1.88. The Hall–Kier alpha value is -1.50. The van der Waals surface area contributed by atoms with E-state index in [4.69, 9.17) is 4.74 Å². The zero-order valence-corrected chi connectivity index (χ0v) is 9.96.